The van der Waals surface area contributed by atoms with E-state index in [-0.39, 0.29) is 5.69 Å². The van der Waals surface area contributed by atoms with Crippen molar-refractivity contribution in [2.75, 3.05) is 5.32 Å². The first-order valence-corrected chi connectivity index (χ1v) is 5.19. The number of nitrogens with zero attached hydrogens (tertiary/aromatic N) is 1. The highest BCUT2D eigenvalue weighted by Gasteiger charge is 2.19. The fourth-order valence-electron chi connectivity index (χ4n) is 1.42. The number of hydrogen-bond donors (Lipinski definition) is 2. The van der Waals surface area contributed by atoms with Crippen molar-refractivity contribution in [1.29, 1.82) is 0 Å². The van der Waals surface area contributed by atoms with Crippen LogP contribution in [0.3, 0.4) is 0 Å². The topological polar surface area (TPSA) is 84.3 Å². The van der Waals surface area contributed by atoms with Gasteiger partial charge in [0.1, 0.15) is 0 Å². The zero-order valence-electron chi connectivity index (χ0n) is 9.29. The third-order valence-electron chi connectivity index (χ3n) is 2.26. The van der Waals surface area contributed by atoms with E-state index in [1.54, 1.807) is 12.8 Å². The number of nitrogens with one attached hydrogen (secondary N) is 2. The lowest BCUT2D eigenvalue weighted by atomic mass is 10.2. The molecule has 2 amide bonds. The lowest BCUT2D eigenvalue weighted by Crippen LogP contribution is -2.31. The highest BCUT2D eigenvalue weighted by Crippen LogP contribution is 2.20. The Kier molecular flexibility index (Phi) is 3.76. The largest absolute Gasteiger partial charge is 0.329 e. The molecule has 0 atom stereocenters. The van der Waals surface area contributed by atoms with Crippen molar-refractivity contribution in [1.82, 2.24) is 5.32 Å². The van der Waals surface area contributed by atoms with Crippen molar-refractivity contribution in [2.24, 2.45) is 0 Å². The molecule has 0 heterocycles. The second kappa shape index (κ2) is 5.48. The Morgan fingerprint density at radius 1 is 1.06 bits per heavy atom. The lowest BCUT2D eigenvalue weighted by Gasteiger charge is -2.11. The van der Waals surface area contributed by atoms with E-state index < -0.39 is 11.0 Å². The summed E-state index contributed by atoms with van der Waals surface area (Å²) in [5.41, 5.74) is 0.474. The van der Waals surface area contributed by atoms with Gasteiger partial charge in [-0.1, -0.05) is 0 Å². The Labute approximate surface area is 105 Å². The molecule has 1 aromatic carbocycles. The van der Waals surface area contributed by atoms with Gasteiger partial charge in [0, 0.05) is 17.8 Å². The molecule has 2 N–H and O–H groups in total. The van der Waals surface area contributed by atoms with Gasteiger partial charge in [-0.25, -0.2) is 4.79 Å². The van der Waals surface area contributed by atoms with Gasteiger partial charge in [0.2, 0.25) is 0 Å². The number of rotatable bonds is 3. The average molecular weight is 244 g/mol. The van der Waals surface area contributed by atoms with E-state index in [4.69, 9.17) is 0 Å². The number of benzene rings is 1. The van der Waals surface area contributed by atoms with E-state index in [0.29, 0.717) is 11.7 Å². The molecule has 0 aromatic heterocycles. The van der Waals surface area contributed by atoms with Crippen molar-refractivity contribution >= 4 is 17.4 Å². The maximum atomic E-state index is 11.5. The fourth-order valence-corrected chi connectivity index (χ4v) is 1.42. The van der Waals surface area contributed by atoms with Gasteiger partial charge in [0.15, 0.2) is 0 Å². The number of hydrogen-bond acceptors (Lipinski definition) is 3. The van der Waals surface area contributed by atoms with Gasteiger partial charge in [-0.15, -0.1) is 0 Å². The van der Waals surface area contributed by atoms with Crippen LogP contribution >= 0.6 is 0 Å². The van der Waals surface area contributed by atoms with Gasteiger partial charge >= 0.3 is 6.03 Å². The average Bonchev–Trinajstić information content (AvgIpc) is 2.82. The van der Waals surface area contributed by atoms with Crippen molar-refractivity contribution in [3.8, 4) is 0 Å². The molecule has 91 valence electrons. The Morgan fingerprint density at radius 3 is 2.22 bits per heavy atom. The van der Waals surface area contributed by atoms with Crippen LogP contribution in [0.25, 0.3) is 0 Å². The molecule has 6 heteroatoms. The second-order valence-corrected chi connectivity index (χ2v) is 3.56. The summed E-state index contributed by atoms with van der Waals surface area (Å²) in [7, 11) is 0. The summed E-state index contributed by atoms with van der Waals surface area (Å²) in [6.07, 6.45) is 7.13. The van der Waals surface area contributed by atoms with Crippen LogP contribution in [0.4, 0.5) is 16.2 Å². The predicted molar refractivity (Wildman–Crippen MR) is 65.7 cm³/mol. The fraction of sp³-hybridized carbons (Fsp3) is 0. The monoisotopic (exact) mass is 244 g/mol. The minimum atomic E-state index is -0.492. The Morgan fingerprint density at radius 2 is 1.67 bits per heavy atom. The van der Waals surface area contributed by atoms with E-state index in [1.807, 2.05) is 12.8 Å². The van der Waals surface area contributed by atoms with Gasteiger partial charge in [-0.2, -0.15) is 0 Å². The molecule has 1 saturated carbocycles. The predicted octanol–water partition coefficient (Wildman–Crippen LogP) is 2.08. The first-order chi connectivity index (χ1) is 8.65. The lowest BCUT2D eigenvalue weighted by molar-refractivity contribution is -0.384. The van der Waals surface area contributed by atoms with Crippen LogP contribution in [-0.4, -0.2) is 11.0 Å². The molecule has 0 aliphatic heterocycles. The van der Waals surface area contributed by atoms with Crippen LogP contribution in [0.5, 0.6) is 0 Å². The number of non-ortho nitro benzene ring substituents is 1. The summed E-state index contributed by atoms with van der Waals surface area (Å²) in [4.78, 5) is 21.5. The maximum Gasteiger partial charge on any atom is 0.319 e. The van der Waals surface area contributed by atoms with Crippen LogP contribution in [0, 0.1) is 41.8 Å². The first kappa shape index (κ1) is 12.3. The van der Waals surface area contributed by atoms with Gasteiger partial charge in [-0.05, 0) is 37.8 Å². The number of urea groups is 1. The molecule has 5 radical (unpaired) electrons. The number of nitro groups is 1. The SMILES string of the molecule is O=C(N[C]1[CH][CH][CH][CH]1)Nc1ccc([N+](=O)[O-])cc1. The third kappa shape index (κ3) is 3.19. The normalized spacial score (nSPS) is 15.3. The quantitative estimate of drug-likeness (QED) is 0.630. The molecular weight excluding hydrogens is 234 g/mol. The van der Waals surface area contributed by atoms with E-state index >= 15 is 0 Å². The minimum absolute atomic E-state index is 0.0167. The highest BCUT2D eigenvalue weighted by molar-refractivity contribution is 5.90. The first-order valence-electron chi connectivity index (χ1n) is 5.19. The minimum Gasteiger partial charge on any atom is -0.329 e. The molecule has 1 fully saturated rings. The Balaban J connectivity index is 1.88. The second-order valence-electron chi connectivity index (χ2n) is 3.56. The molecule has 6 nitrogen and oxygen atoms in total. The van der Waals surface area contributed by atoms with Crippen LogP contribution in [0.15, 0.2) is 24.3 Å². The van der Waals surface area contributed by atoms with Crippen molar-refractivity contribution < 1.29 is 9.72 Å². The summed E-state index contributed by atoms with van der Waals surface area (Å²) in [6.45, 7) is 0. The van der Waals surface area contributed by atoms with Gasteiger partial charge in [-0.3, -0.25) is 10.1 Å². The molecular formula is C12H10N3O3. The van der Waals surface area contributed by atoms with Crippen molar-refractivity contribution in [2.45, 2.75) is 0 Å². The van der Waals surface area contributed by atoms with Crippen LogP contribution < -0.4 is 10.6 Å². The maximum absolute atomic E-state index is 11.5. The summed E-state index contributed by atoms with van der Waals surface area (Å²) < 4.78 is 0. The van der Waals surface area contributed by atoms with E-state index in [0.717, 1.165) is 0 Å². The molecule has 2 rings (SSSR count). The molecule has 1 aromatic rings. The number of anilines is 1. The van der Waals surface area contributed by atoms with Crippen LogP contribution in [0.2, 0.25) is 0 Å². The van der Waals surface area contributed by atoms with Crippen LogP contribution in [-0.2, 0) is 0 Å². The summed E-state index contributed by atoms with van der Waals surface area (Å²) in [5, 5.41) is 15.6. The molecule has 0 spiro atoms. The zero-order valence-corrected chi connectivity index (χ0v) is 9.29. The third-order valence-corrected chi connectivity index (χ3v) is 2.26. The van der Waals surface area contributed by atoms with Crippen molar-refractivity contribution in [3.63, 3.8) is 0 Å². The number of carbonyl (C=O) groups excluding carboxylic acids is 1. The number of carbonyl (C=O) groups is 1. The van der Waals surface area contributed by atoms with Gasteiger partial charge in [0.05, 0.1) is 11.0 Å². The zero-order chi connectivity index (χ0) is 13.0. The number of amides is 2. The molecule has 0 unspecified atom stereocenters. The molecule has 1 aliphatic carbocycles. The molecule has 0 saturated heterocycles. The molecule has 1 aliphatic rings. The standard InChI is InChI=1S/C12H10N3O3/c16-12(13-9-3-1-2-4-9)14-10-5-7-11(8-6-10)15(17)18/h1-8H,(H2,13,14,16). The summed E-state index contributed by atoms with van der Waals surface area (Å²) in [6, 6.07) is 5.91. The van der Waals surface area contributed by atoms with Gasteiger partial charge in [0.25, 0.3) is 5.69 Å². The van der Waals surface area contributed by atoms with E-state index in [1.165, 1.54) is 24.3 Å². The molecule has 0 bridgehead atoms. The van der Waals surface area contributed by atoms with E-state index in [2.05, 4.69) is 10.6 Å². The summed E-state index contributed by atoms with van der Waals surface area (Å²) >= 11 is 0. The van der Waals surface area contributed by atoms with Crippen LogP contribution in [0.1, 0.15) is 0 Å². The number of nitro benzene ring substituents is 1. The Hall–Kier alpha value is -2.11. The molecule has 18 heavy (non-hydrogen) atoms. The van der Waals surface area contributed by atoms with Crippen molar-refractivity contribution in [3.05, 3.63) is 66.1 Å². The highest BCUT2D eigenvalue weighted by atomic mass is 16.6. The smallest absolute Gasteiger partial charge is 0.319 e. The van der Waals surface area contributed by atoms with Gasteiger partial charge < -0.3 is 10.6 Å². The summed E-state index contributed by atoms with van der Waals surface area (Å²) in [5.74, 6) is 0. The van der Waals surface area contributed by atoms with E-state index in [9.17, 15) is 14.9 Å². The Bertz CT molecular complexity index is 438.